The summed E-state index contributed by atoms with van der Waals surface area (Å²) in [6.45, 7) is 4.27. The van der Waals surface area contributed by atoms with E-state index in [9.17, 15) is 13.2 Å². The summed E-state index contributed by atoms with van der Waals surface area (Å²) in [5, 5.41) is 3.75. The van der Waals surface area contributed by atoms with Gasteiger partial charge in [-0.25, -0.2) is 13.4 Å². The second-order valence-corrected chi connectivity index (χ2v) is 9.87. The molecule has 0 aliphatic carbocycles. The van der Waals surface area contributed by atoms with Gasteiger partial charge in [0.25, 0.3) is 5.91 Å². The number of carbonyl (C=O) groups excluding carboxylic acids is 1. The van der Waals surface area contributed by atoms with Crippen LogP contribution in [0.5, 0.6) is 0 Å². The lowest BCUT2D eigenvalue weighted by molar-refractivity contribution is 0.0698. The van der Waals surface area contributed by atoms with Crippen LogP contribution in [0.2, 0.25) is 0 Å². The van der Waals surface area contributed by atoms with E-state index in [-0.39, 0.29) is 29.7 Å². The number of nitrogens with zero attached hydrogens (tertiary/aromatic N) is 5. The van der Waals surface area contributed by atoms with Gasteiger partial charge in [-0.3, -0.25) is 9.36 Å². The Morgan fingerprint density at radius 1 is 0.970 bits per heavy atom. The SMILES string of the molecule is Cc1noc(C)c1S(=O)(=O)N1CCN(C(=O)c2ccc(-n3cnc4ccccc43)cc2)CC1. The van der Waals surface area contributed by atoms with E-state index in [1.54, 1.807) is 37.2 Å². The number of hydrogen-bond acceptors (Lipinski definition) is 6. The highest BCUT2D eigenvalue weighted by Crippen LogP contribution is 2.25. The molecule has 10 heteroatoms. The number of aromatic nitrogens is 3. The first-order valence-corrected chi connectivity index (χ1v) is 12.0. The Labute approximate surface area is 191 Å². The van der Waals surface area contributed by atoms with E-state index in [1.165, 1.54) is 4.31 Å². The second kappa shape index (κ2) is 8.13. The molecule has 0 N–H and O–H groups in total. The molecule has 1 amide bonds. The largest absolute Gasteiger partial charge is 0.360 e. The molecular weight excluding hydrogens is 442 g/mol. The number of imidazole rings is 1. The van der Waals surface area contributed by atoms with Gasteiger partial charge in [-0.15, -0.1) is 0 Å². The van der Waals surface area contributed by atoms with E-state index in [0.29, 0.717) is 24.3 Å². The fraction of sp³-hybridized carbons (Fsp3) is 0.261. The second-order valence-electron chi connectivity index (χ2n) is 8.00. The molecular formula is C23H23N5O4S. The van der Waals surface area contributed by atoms with Gasteiger partial charge < -0.3 is 9.42 Å². The first-order valence-electron chi connectivity index (χ1n) is 10.6. The van der Waals surface area contributed by atoms with Gasteiger partial charge in [0, 0.05) is 37.4 Å². The fourth-order valence-corrected chi connectivity index (χ4v) is 5.93. The molecule has 0 spiro atoms. The molecule has 0 radical (unpaired) electrons. The Morgan fingerprint density at radius 3 is 2.33 bits per heavy atom. The maximum absolute atomic E-state index is 13.0. The molecule has 4 aromatic rings. The molecule has 0 atom stereocenters. The number of benzene rings is 2. The van der Waals surface area contributed by atoms with Gasteiger partial charge >= 0.3 is 0 Å². The minimum Gasteiger partial charge on any atom is -0.360 e. The van der Waals surface area contributed by atoms with Crippen molar-refractivity contribution in [1.29, 1.82) is 0 Å². The number of sulfonamides is 1. The average Bonchev–Trinajstić information content (AvgIpc) is 3.42. The van der Waals surface area contributed by atoms with Crippen LogP contribution in [-0.4, -0.2) is 64.4 Å². The number of hydrogen-bond donors (Lipinski definition) is 0. The predicted octanol–water partition coefficient (Wildman–Crippen LogP) is 2.78. The maximum atomic E-state index is 13.0. The molecule has 0 saturated carbocycles. The van der Waals surface area contributed by atoms with Gasteiger partial charge in [0.1, 0.15) is 16.9 Å². The lowest BCUT2D eigenvalue weighted by atomic mass is 10.1. The highest BCUT2D eigenvalue weighted by atomic mass is 32.2. The van der Waals surface area contributed by atoms with Crippen LogP contribution in [-0.2, 0) is 10.0 Å². The number of fused-ring (bicyclic) bond motifs is 1. The van der Waals surface area contributed by atoms with E-state index in [1.807, 2.05) is 41.0 Å². The molecule has 170 valence electrons. The Morgan fingerprint density at radius 2 is 1.67 bits per heavy atom. The zero-order chi connectivity index (χ0) is 23.2. The van der Waals surface area contributed by atoms with Crippen molar-refractivity contribution in [2.45, 2.75) is 18.7 Å². The number of amides is 1. The Kier molecular flexibility index (Phi) is 5.26. The molecule has 5 rings (SSSR count). The number of piperazine rings is 1. The first-order chi connectivity index (χ1) is 15.9. The minimum atomic E-state index is -3.71. The summed E-state index contributed by atoms with van der Waals surface area (Å²) < 4.78 is 34.4. The van der Waals surface area contributed by atoms with Gasteiger partial charge in [0.05, 0.1) is 11.0 Å². The maximum Gasteiger partial charge on any atom is 0.253 e. The van der Waals surface area contributed by atoms with E-state index >= 15 is 0 Å². The van der Waals surface area contributed by atoms with Crippen molar-refractivity contribution in [1.82, 2.24) is 23.9 Å². The Balaban J connectivity index is 1.28. The summed E-state index contributed by atoms with van der Waals surface area (Å²) in [4.78, 5) is 19.2. The molecule has 2 aromatic carbocycles. The standard InChI is InChI=1S/C23H23N5O4S/c1-16-22(17(2)32-25-16)33(30,31)27-13-11-26(12-14-27)23(29)18-7-9-19(10-8-18)28-15-24-20-5-3-4-6-21(20)28/h3-10,15H,11-14H2,1-2H3. The van der Waals surface area contributed by atoms with Crippen molar-refractivity contribution in [2.24, 2.45) is 0 Å². The van der Waals surface area contributed by atoms with E-state index < -0.39 is 10.0 Å². The van der Waals surface area contributed by atoms with Crippen LogP contribution in [0.3, 0.4) is 0 Å². The van der Waals surface area contributed by atoms with E-state index in [4.69, 9.17) is 4.52 Å². The smallest absolute Gasteiger partial charge is 0.253 e. The highest BCUT2D eigenvalue weighted by Gasteiger charge is 2.34. The average molecular weight is 466 g/mol. The van der Waals surface area contributed by atoms with Crippen molar-refractivity contribution < 1.29 is 17.7 Å². The minimum absolute atomic E-state index is 0.116. The van der Waals surface area contributed by atoms with Gasteiger partial charge in [-0.1, -0.05) is 17.3 Å². The third-order valence-electron chi connectivity index (χ3n) is 5.94. The van der Waals surface area contributed by atoms with Gasteiger partial charge in [-0.2, -0.15) is 4.31 Å². The summed E-state index contributed by atoms with van der Waals surface area (Å²) in [5.74, 6) is 0.156. The summed E-state index contributed by atoms with van der Waals surface area (Å²) in [6.07, 6.45) is 1.76. The van der Waals surface area contributed by atoms with Crippen LogP contribution in [0, 0.1) is 13.8 Å². The van der Waals surface area contributed by atoms with E-state index in [0.717, 1.165) is 16.7 Å². The van der Waals surface area contributed by atoms with Crippen LogP contribution in [0.1, 0.15) is 21.8 Å². The van der Waals surface area contributed by atoms with Crippen LogP contribution >= 0.6 is 0 Å². The van der Waals surface area contributed by atoms with Crippen molar-refractivity contribution in [3.63, 3.8) is 0 Å². The summed E-state index contributed by atoms with van der Waals surface area (Å²) >= 11 is 0. The third kappa shape index (κ3) is 3.70. The first kappa shape index (κ1) is 21.4. The molecule has 0 bridgehead atoms. The zero-order valence-electron chi connectivity index (χ0n) is 18.3. The monoisotopic (exact) mass is 465 g/mol. The van der Waals surface area contributed by atoms with Gasteiger partial charge in [0.2, 0.25) is 10.0 Å². The predicted molar refractivity (Wildman–Crippen MR) is 122 cm³/mol. The van der Waals surface area contributed by atoms with Crippen LogP contribution < -0.4 is 0 Å². The molecule has 1 aliphatic heterocycles. The molecule has 33 heavy (non-hydrogen) atoms. The lowest BCUT2D eigenvalue weighted by Gasteiger charge is -2.34. The molecule has 2 aromatic heterocycles. The normalized spacial score (nSPS) is 15.3. The van der Waals surface area contributed by atoms with Crippen LogP contribution in [0.15, 0.2) is 64.3 Å². The van der Waals surface area contributed by atoms with Crippen molar-refractivity contribution >= 4 is 27.0 Å². The number of para-hydroxylation sites is 2. The zero-order valence-corrected chi connectivity index (χ0v) is 19.1. The number of aryl methyl sites for hydroxylation is 2. The van der Waals surface area contributed by atoms with Crippen molar-refractivity contribution in [3.8, 4) is 5.69 Å². The quantitative estimate of drug-likeness (QED) is 0.459. The summed E-state index contributed by atoms with van der Waals surface area (Å²) in [7, 11) is -3.71. The topological polar surface area (TPSA) is 102 Å². The van der Waals surface area contributed by atoms with Gasteiger partial charge in [0.15, 0.2) is 5.76 Å². The Bertz CT molecular complexity index is 1410. The van der Waals surface area contributed by atoms with Crippen LogP contribution in [0.4, 0.5) is 0 Å². The third-order valence-corrected chi connectivity index (χ3v) is 8.08. The molecule has 9 nitrogen and oxygen atoms in total. The van der Waals surface area contributed by atoms with Crippen LogP contribution in [0.25, 0.3) is 16.7 Å². The summed E-state index contributed by atoms with van der Waals surface area (Å²) in [5.41, 5.74) is 3.71. The molecule has 3 heterocycles. The molecule has 1 saturated heterocycles. The lowest BCUT2D eigenvalue weighted by Crippen LogP contribution is -2.50. The molecule has 1 aliphatic rings. The summed E-state index contributed by atoms with van der Waals surface area (Å²) in [6, 6.07) is 15.2. The number of rotatable bonds is 4. The van der Waals surface area contributed by atoms with Crippen molar-refractivity contribution in [3.05, 3.63) is 71.9 Å². The van der Waals surface area contributed by atoms with Crippen molar-refractivity contribution in [2.75, 3.05) is 26.2 Å². The Hall–Kier alpha value is -3.50. The molecule has 0 unspecified atom stereocenters. The van der Waals surface area contributed by atoms with Gasteiger partial charge in [-0.05, 0) is 50.2 Å². The van der Waals surface area contributed by atoms with E-state index in [2.05, 4.69) is 10.1 Å². The number of carbonyl (C=O) groups is 1. The fourth-order valence-electron chi connectivity index (χ4n) is 4.22. The highest BCUT2D eigenvalue weighted by molar-refractivity contribution is 7.89. The molecule has 1 fully saturated rings.